The van der Waals surface area contributed by atoms with Crippen molar-refractivity contribution in [1.82, 2.24) is 14.8 Å². The Labute approximate surface area is 219 Å². The fourth-order valence-electron chi connectivity index (χ4n) is 3.58. The number of alkyl halides is 3. The van der Waals surface area contributed by atoms with Crippen LogP contribution in [0.1, 0.15) is 54.6 Å². The van der Waals surface area contributed by atoms with E-state index in [0.717, 1.165) is 44.7 Å². The number of halogens is 3. The number of hydrogen-bond acceptors (Lipinski definition) is 11. The van der Waals surface area contributed by atoms with E-state index >= 15 is 0 Å². The summed E-state index contributed by atoms with van der Waals surface area (Å²) in [5.74, 6) is 0.921. The summed E-state index contributed by atoms with van der Waals surface area (Å²) in [6.45, 7) is 2.90. The highest BCUT2D eigenvalue weighted by molar-refractivity contribution is 5.85. The summed E-state index contributed by atoms with van der Waals surface area (Å²) in [4.78, 5) is 51.5. The van der Waals surface area contributed by atoms with E-state index in [1.54, 1.807) is 0 Å². The van der Waals surface area contributed by atoms with Gasteiger partial charge in [0.05, 0.1) is 12.7 Å². The molecule has 1 aliphatic heterocycles. The summed E-state index contributed by atoms with van der Waals surface area (Å²) in [6, 6.07) is 4.21. The molecule has 0 spiro atoms. The number of carbonyl (C=O) groups excluding carboxylic acids is 4. The molecule has 15 heteroatoms. The van der Waals surface area contributed by atoms with E-state index in [1.165, 1.54) is 12.1 Å². The Morgan fingerprint density at radius 3 is 2.28 bits per heavy atom. The van der Waals surface area contributed by atoms with Crippen LogP contribution < -0.4 is 0 Å². The fraction of sp³-hybridized carbons (Fsp3) is 0.417. The maximum atomic E-state index is 13.0. The van der Waals surface area contributed by atoms with Crippen molar-refractivity contribution < 1.29 is 56.0 Å². The van der Waals surface area contributed by atoms with E-state index in [4.69, 9.17) is 23.7 Å². The number of methoxy groups -OCH3 is 1. The Bertz CT molecular complexity index is 1330. The first kappa shape index (κ1) is 29.1. The van der Waals surface area contributed by atoms with Gasteiger partial charge in [0.2, 0.25) is 11.6 Å². The molecule has 1 aromatic carbocycles. The van der Waals surface area contributed by atoms with Crippen LogP contribution in [0.25, 0.3) is 0 Å². The molecule has 0 radical (unpaired) electrons. The lowest BCUT2D eigenvalue weighted by Crippen LogP contribution is -2.41. The lowest BCUT2D eigenvalue weighted by molar-refractivity contribution is -0.166. The van der Waals surface area contributed by atoms with Crippen LogP contribution in [0.4, 0.5) is 13.2 Å². The second kappa shape index (κ2) is 11.9. The Morgan fingerprint density at radius 1 is 1.03 bits per heavy atom. The lowest BCUT2D eigenvalue weighted by Gasteiger charge is -2.23. The number of carbonyl (C=O) groups is 4. The van der Waals surface area contributed by atoms with Crippen LogP contribution in [0, 0.1) is 11.8 Å². The first-order chi connectivity index (χ1) is 18.3. The number of aromatic nitrogens is 3. The second-order valence-corrected chi connectivity index (χ2v) is 8.04. The predicted molar refractivity (Wildman–Crippen MR) is 120 cm³/mol. The van der Waals surface area contributed by atoms with Crippen molar-refractivity contribution in [3.8, 4) is 11.8 Å². The van der Waals surface area contributed by atoms with Crippen LogP contribution in [-0.4, -0.2) is 70.7 Å². The molecule has 0 saturated carbocycles. The van der Waals surface area contributed by atoms with Gasteiger partial charge in [0, 0.05) is 26.3 Å². The summed E-state index contributed by atoms with van der Waals surface area (Å²) in [5, 5.41) is 4.09. The Morgan fingerprint density at radius 2 is 1.69 bits per heavy atom. The number of nitrogens with zero attached hydrogens (tertiary/aromatic N) is 3. The molecule has 39 heavy (non-hydrogen) atoms. The molecular weight excluding hydrogens is 531 g/mol. The third kappa shape index (κ3) is 7.32. The first-order valence-electron chi connectivity index (χ1n) is 11.2. The predicted octanol–water partition coefficient (Wildman–Crippen LogP) is 1.81. The molecule has 1 aliphatic rings. The van der Waals surface area contributed by atoms with Gasteiger partial charge in [-0.25, -0.2) is 9.48 Å². The SMILES string of the molecule is COC(=O)c1nc(C#Cc2cccc(C(F)(F)F)c2)nn1[C@@H]1O[C@H](COC(C)=O)[C@@H](OC(C)=O)[C@H]1OC(C)=O. The molecule has 4 atom stereocenters. The molecule has 0 aliphatic carbocycles. The van der Waals surface area contributed by atoms with Gasteiger partial charge in [-0.2, -0.15) is 18.2 Å². The van der Waals surface area contributed by atoms with E-state index in [-0.39, 0.29) is 11.4 Å². The van der Waals surface area contributed by atoms with E-state index in [1.807, 2.05) is 0 Å². The minimum Gasteiger partial charge on any atom is -0.463 e. The van der Waals surface area contributed by atoms with Gasteiger partial charge >= 0.3 is 30.1 Å². The second-order valence-electron chi connectivity index (χ2n) is 8.04. The molecule has 0 bridgehead atoms. The van der Waals surface area contributed by atoms with E-state index in [2.05, 4.69) is 21.9 Å². The molecule has 2 heterocycles. The van der Waals surface area contributed by atoms with Crippen molar-refractivity contribution in [3.05, 3.63) is 47.0 Å². The number of ether oxygens (including phenoxy) is 5. The summed E-state index contributed by atoms with van der Waals surface area (Å²) in [5.41, 5.74) is -0.922. The van der Waals surface area contributed by atoms with Gasteiger partial charge in [-0.15, -0.1) is 5.10 Å². The highest BCUT2D eigenvalue weighted by atomic mass is 19.4. The maximum absolute atomic E-state index is 13.0. The van der Waals surface area contributed by atoms with Gasteiger partial charge in [0.25, 0.3) is 0 Å². The smallest absolute Gasteiger partial charge is 0.416 e. The van der Waals surface area contributed by atoms with Crippen molar-refractivity contribution >= 4 is 23.9 Å². The third-order valence-corrected chi connectivity index (χ3v) is 5.09. The first-order valence-corrected chi connectivity index (χ1v) is 11.2. The van der Waals surface area contributed by atoms with Crippen molar-refractivity contribution in [3.63, 3.8) is 0 Å². The highest BCUT2D eigenvalue weighted by Crippen LogP contribution is 2.35. The fourth-order valence-corrected chi connectivity index (χ4v) is 3.58. The summed E-state index contributed by atoms with van der Waals surface area (Å²) in [6.07, 6.45) is -9.85. The van der Waals surface area contributed by atoms with Crippen LogP contribution in [0.3, 0.4) is 0 Å². The quantitative estimate of drug-likeness (QED) is 0.293. The van der Waals surface area contributed by atoms with Gasteiger partial charge < -0.3 is 23.7 Å². The van der Waals surface area contributed by atoms with Crippen LogP contribution >= 0.6 is 0 Å². The molecule has 208 valence electrons. The number of benzene rings is 1. The normalized spacial score (nSPS) is 20.4. The monoisotopic (exact) mass is 553 g/mol. The molecule has 12 nitrogen and oxygen atoms in total. The average molecular weight is 553 g/mol. The number of rotatable bonds is 6. The average Bonchev–Trinajstić information content (AvgIpc) is 3.41. The van der Waals surface area contributed by atoms with E-state index in [0.29, 0.717) is 0 Å². The van der Waals surface area contributed by atoms with Crippen LogP contribution in [0.5, 0.6) is 0 Å². The van der Waals surface area contributed by atoms with Gasteiger partial charge in [0.15, 0.2) is 18.4 Å². The summed E-state index contributed by atoms with van der Waals surface area (Å²) >= 11 is 0. The standard InChI is InChI=1S/C24H22F3N3O9/c1-12(31)36-11-17-19(37-13(2)32)20(38-14(3)33)22(39-17)30-21(23(34)35-4)28-18(29-30)9-8-15-6-5-7-16(10-15)24(25,26)27/h5-7,10,17,19-20,22H,11H2,1-4H3/t17-,19-,20-,22-/m1/s1. The van der Waals surface area contributed by atoms with Gasteiger partial charge in [-0.05, 0) is 24.1 Å². The number of hydrogen-bond donors (Lipinski definition) is 0. The summed E-state index contributed by atoms with van der Waals surface area (Å²) < 4.78 is 66.0. The molecule has 3 rings (SSSR count). The zero-order chi connectivity index (χ0) is 28.9. The van der Waals surface area contributed by atoms with E-state index in [9.17, 15) is 32.3 Å². The van der Waals surface area contributed by atoms with Crippen molar-refractivity contribution in [2.45, 2.75) is 51.5 Å². The van der Waals surface area contributed by atoms with Crippen molar-refractivity contribution in [2.75, 3.05) is 13.7 Å². The molecule has 1 fully saturated rings. The zero-order valence-corrected chi connectivity index (χ0v) is 21.0. The third-order valence-electron chi connectivity index (χ3n) is 5.09. The molecule has 2 aromatic rings. The van der Waals surface area contributed by atoms with E-state index < -0.39 is 72.6 Å². The topological polar surface area (TPSA) is 145 Å². The van der Waals surface area contributed by atoms with Crippen molar-refractivity contribution in [2.24, 2.45) is 0 Å². The largest absolute Gasteiger partial charge is 0.463 e. The van der Waals surface area contributed by atoms with Crippen LogP contribution in [-0.2, 0) is 44.2 Å². The molecule has 0 unspecified atom stereocenters. The lowest BCUT2D eigenvalue weighted by atomic mass is 10.1. The Hall–Kier alpha value is -4.45. The Balaban J connectivity index is 2.05. The minimum atomic E-state index is -4.58. The minimum absolute atomic E-state index is 0.00735. The Kier molecular flexibility index (Phi) is 8.92. The highest BCUT2D eigenvalue weighted by Gasteiger charge is 2.52. The summed E-state index contributed by atoms with van der Waals surface area (Å²) in [7, 11) is 1.06. The van der Waals surface area contributed by atoms with Crippen molar-refractivity contribution in [1.29, 1.82) is 0 Å². The van der Waals surface area contributed by atoms with Gasteiger partial charge in [0.1, 0.15) is 12.7 Å². The number of esters is 4. The molecule has 1 aromatic heterocycles. The van der Waals surface area contributed by atoms with Gasteiger partial charge in [-0.3, -0.25) is 14.4 Å². The van der Waals surface area contributed by atoms with Crippen LogP contribution in [0.15, 0.2) is 24.3 Å². The van der Waals surface area contributed by atoms with Crippen LogP contribution in [0.2, 0.25) is 0 Å². The molecular formula is C24H22F3N3O9. The molecule has 0 N–H and O–H groups in total. The molecule has 1 saturated heterocycles. The molecule has 0 amide bonds. The van der Waals surface area contributed by atoms with Gasteiger partial charge in [-0.1, -0.05) is 12.0 Å². The zero-order valence-electron chi connectivity index (χ0n) is 21.0. The maximum Gasteiger partial charge on any atom is 0.416 e.